The number of carbonyl (C=O) groups is 1. The van der Waals surface area contributed by atoms with Crippen molar-refractivity contribution in [3.63, 3.8) is 0 Å². The topological polar surface area (TPSA) is 177 Å². The molecule has 1 saturated heterocycles. The predicted octanol–water partition coefficient (Wildman–Crippen LogP) is -3.45. The zero-order chi connectivity index (χ0) is 13.7. The van der Waals surface area contributed by atoms with Crippen molar-refractivity contribution < 1.29 is 33.6 Å². The quantitative estimate of drug-likeness (QED) is 0.364. The van der Waals surface area contributed by atoms with E-state index >= 15 is 0 Å². The minimum atomic E-state index is -1.30. The molecule has 1 aliphatic rings. The fourth-order valence-electron chi connectivity index (χ4n) is 1.71. The van der Waals surface area contributed by atoms with E-state index in [1.54, 1.807) is 0 Å². The second kappa shape index (κ2) is 6.89. The Morgan fingerprint density at radius 1 is 1.00 bits per heavy atom. The molecule has 11 heteroatoms. The highest BCUT2D eigenvalue weighted by molar-refractivity contribution is 5.75. The van der Waals surface area contributed by atoms with Crippen molar-refractivity contribution in [3.05, 3.63) is 0 Å². The van der Waals surface area contributed by atoms with Crippen LogP contribution < -0.4 is 23.6 Å². The SMILES string of the molecule is COC1OC(C(=O)ON)C(ON)C(ON)C1ON. The van der Waals surface area contributed by atoms with Gasteiger partial charge in [-0.05, 0) is 0 Å². The van der Waals surface area contributed by atoms with Gasteiger partial charge in [0.2, 0.25) is 0 Å². The normalized spacial score (nSPS) is 36.4. The van der Waals surface area contributed by atoms with Gasteiger partial charge in [-0.1, -0.05) is 0 Å². The molecule has 1 heterocycles. The Bertz CT molecular complexity index is 281. The lowest BCUT2D eigenvalue weighted by Crippen LogP contribution is -2.64. The molecule has 5 atom stereocenters. The van der Waals surface area contributed by atoms with Gasteiger partial charge in [0.1, 0.15) is 12.2 Å². The van der Waals surface area contributed by atoms with Crippen LogP contribution >= 0.6 is 0 Å². The average Bonchev–Trinajstić information content (AvgIpc) is 2.43. The van der Waals surface area contributed by atoms with Crippen LogP contribution in [0, 0.1) is 0 Å². The van der Waals surface area contributed by atoms with E-state index in [0.29, 0.717) is 0 Å². The highest BCUT2D eigenvalue weighted by Gasteiger charge is 2.52. The fourth-order valence-corrected chi connectivity index (χ4v) is 1.71. The number of nitrogens with two attached hydrogens (primary N) is 4. The van der Waals surface area contributed by atoms with Crippen molar-refractivity contribution in [2.75, 3.05) is 7.11 Å². The molecule has 106 valence electrons. The average molecular weight is 268 g/mol. The van der Waals surface area contributed by atoms with Crippen LogP contribution in [-0.2, 0) is 33.6 Å². The highest BCUT2D eigenvalue weighted by atomic mass is 16.8. The largest absolute Gasteiger partial charge is 0.371 e. The molecule has 11 nitrogen and oxygen atoms in total. The maximum Gasteiger partial charge on any atom is 0.356 e. The van der Waals surface area contributed by atoms with Crippen LogP contribution in [0.15, 0.2) is 0 Å². The summed E-state index contributed by atoms with van der Waals surface area (Å²) in [4.78, 5) is 29.3. The van der Waals surface area contributed by atoms with Gasteiger partial charge >= 0.3 is 5.97 Å². The first kappa shape index (κ1) is 15.2. The molecule has 1 fully saturated rings. The fraction of sp³-hybridized carbons (Fsp3) is 0.857. The Morgan fingerprint density at radius 3 is 1.94 bits per heavy atom. The number of rotatable bonds is 5. The first-order chi connectivity index (χ1) is 8.64. The molecule has 18 heavy (non-hydrogen) atoms. The van der Waals surface area contributed by atoms with E-state index in [4.69, 9.17) is 33.1 Å². The van der Waals surface area contributed by atoms with E-state index < -0.39 is 36.7 Å². The van der Waals surface area contributed by atoms with Gasteiger partial charge in [-0.3, -0.25) is 14.5 Å². The minimum absolute atomic E-state index is 0.940. The van der Waals surface area contributed by atoms with Crippen LogP contribution in [0.4, 0.5) is 0 Å². The lowest BCUT2D eigenvalue weighted by molar-refractivity contribution is -0.313. The summed E-state index contributed by atoms with van der Waals surface area (Å²) in [6.07, 6.45) is -5.46. The minimum Gasteiger partial charge on any atom is -0.371 e. The van der Waals surface area contributed by atoms with E-state index in [0.717, 1.165) is 0 Å². The second-order valence-corrected chi connectivity index (χ2v) is 3.40. The zero-order valence-corrected chi connectivity index (χ0v) is 9.55. The van der Waals surface area contributed by atoms with Crippen molar-refractivity contribution in [3.8, 4) is 0 Å². The van der Waals surface area contributed by atoms with Gasteiger partial charge in [-0.15, -0.1) is 0 Å². The summed E-state index contributed by atoms with van der Waals surface area (Å²) in [5, 5.41) is 0. The molecule has 0 radical (unpaired) electrons. The number of carbonyl (C=O) groups excluding carboxylic acids is 1. The maximum atomic E-state index is 11.4. The zero-order valence-electron chi connectivity index (χ0n) is 9.55. The highest BCUT2D eigenvalue weighted by Crippen LogP contribution is 2.26. The molecular weight excluding hydrogens is 252 g/mol. The molecule has 0 spiro atoms. The van der Waals surface area contributed by atoms with E-state index in [1.807, 2.05) is 0 Å². The molecular formula is C7H16N4O7. The summed E-state index contributed by atoms with van der Waals surface area (Å²) in [7, 11) is 1.30. The Hall–Kier alpha value is -0.890. The van der Waals surface area contributed by atoms with E-state index in [2.05, 4.69) is 19.4 Å². The van der Waals surface area contributed by atoms with E-state index in [1.165, 1.54) is 7.11 Å². The Kier molecular flexibility index (Phi) is 5.80. The molecule has 1 rings (SSSR count). The van der Waals surface area contributed by atoms with E-state index in [-0.39, 0.29) is 0 Å². The summed E-state index contributed by atoms with van der Waals surface area (Å²) in [5.74, 6) is 19.0. The number of hydrogen-bond acceptors (Lipinski definition) is 11. The molecule has 0 saturated carbocycles. The molecule has 0 aromatic rings. The first-order valence-electron chi connectivity index (χ1n) is 4.80. The molecule has 5 unspecified atom stereocenters. The maximum absolute atomic E-state index is 11.4. The summed E-state index contributed by atoms with van der Waals surface area (Å²) in [5.41, 5.74) is 0. The Morgan fingerprint density at radius 2 is 1.56 bits per heavy atom. The lowest BCUT2D eigenvalue weighted by atomic mass is 9.98. The lowest BCUT2D eigenvalue weighted by Gasteiger charge is -2.41. The van der Waals surface area contributed by atoms with Crippen molar-refractivity contribution in [1.82, 2.24) is 0 Å². The third kappa shape index (κ3) is 2.74. The number of hydrogen-bond donors (Lipinski definition) is 4. The predicted molar refractivity (Wildman–Crippen MR) is 53.1 cm³/mol. The van der Waals surface area contributed by atoms with Crippen LogP contribution in [-0.4, -0.2) is 43.8 Å². The smallest absolute Gasteiger partial charge is 0.356 e. The molecule has 0 aromatic carbocycles. The van der Waals surface area contributed by atoms with Gasteiger partial charge in [-0.25, -0.2) is 22.5 Å². The van der Waals surface area contributed by atoms with Crippen molar-refractivity contribution >= 4 is 5.97 Å². The number of ether oxygens (including phenoxy) is 2. The molecule has 0 aliphatic carbocycles. The van der Waals surface area contributed by atoms with Crippen LogP contribution in [0.5, 0.6) is 0 Å². The Balaban J connectivity index is 2.97. The van der Waals surface area contributed by atoms with Gasteiger partial charge in [0.05, 0.1) is 0 Å². The van der Waals surface area contributed by atoms with Gasteiger partial charge in [0, 0.05) is 7.11 Å². The Labute approximate surface area is 102 Å². The van der Waals surface area contributed by atoms with Gasteiger partial charge in [0.25, 0.3) is 0 Å². The van der Waals surface area contributed by atoms with E-state index in [9.17, 15) is 4.79 Å². The van der Waals surface area contributed by atoms with Gasteiger partial charge < -0.3 is 14.3 Å². The van der Waals surface area contributed by atoms with Crippen LogP contribution in [0.25, 0.3) is 0 Å². The monoisotopic (exact) mass is 268 g/mol. The molecule has 0 bridgehead atoms. The van der Waals surface area contributed by atoms with Gasteiger partial charge in [-0.2, -0.15) is 5.90 Å². The summed E-state index contributed by atoms with van der Waals surface area (Å²) < 4.78 is 10.1. The third-order valence-corrected chi connectivity index (χ3v) is 2.55. The van der Waals surface area contributed by atoms with Crippen LogP contribution in [0.2, 0.25) is 0 Å². The summed E-state index contributed by atoms with van der Waals surface area (Å²) in [6.45, 7) is 0. The van der Waals surface area contributed by atoms with Crippen LogP contribution in [0.3, 0.4) is 0 Å². The third-order valence-electron chi connectivity index (χ3n) is 2.55. The van der Waals surface area contributed by atoms with Crippen molar-refractivity contribution in [2.24, 2.45) is 23.6 Å². The molecule has 1 aliphatic heterocycles. The molecule has 0 aromatic heterocycles. The molecule has 0 amide bonds. The summed E-state index contributed by atoms with van der Waals surface area (Å²) >= 11 is 0. The molecule has 8 N–H and O–H groups in total. The number of methoxy groups -OCH3 is 1. The van der Waals surface area contributed by atoms with Crippen molar-refractivity contribution in [2.45, 2.75) is 30.7 Å². The second-order valence-electron chi connectivity index (χ2n) is 3.40. The van der Waals surface area contributed by atoms with Crippen molar-refractivity contribution in [1.29, 1.82) is 0 Å². The summed E-state index contributed by atoms with van der Waals surface area (Å²) in [6, 6.07) is 0. The first-order valence-corrected chi connectivity index (χ1v) is 4.80. The van der Waals surface area contributed by atoms with Gasteiger partial charge in [0.15, 0.2) is 18.5 Å². The van der Waals surface area contributed by atoms with Crippen LogP contribution in [0.1, 0.15) is 0 Å². The standard InChI is InChI=1S/C7H16N4O7/c1-13-7-5(17-10)3(16-9)2(15-8)4(14-7)6(12)18-11/h2-5,7H,8-11H2,1H3.